The molecule has 0 bridgehead atoms. The number of carbonyl (C=O) groups is 1. The van der Waals surface area contributed by atoms with Crippen LogP contribution >= 0.6 is 0 Å². The van der Waals surface area contributed by atoms with E-state index < -0.39 is 5.97 Å². The molecule has 66 heavy (non-hydrogen) atoms. The van der Waals surface area contributed by atoms with Crippen molar-refractivity contribution < 1.29 is 9.90 Å². The molecule has 0 atom stereocenters. The monoisotopic (exact) mass is 927 g/mol. The van der Waals surface area contributed by atoms with Gasteiger partial charge in [-0.15, -0.1) is 0 Å². The fourth-order valence-corrected chi connectivity index (χ4v) is 10.6. The molecule has 394 valence electrons. The number of hydrogen-bond acceptors (Lipinski definition) is 1. The lowest BCUT2D eigenvalue weighted by Gasteiger charge is -2.05. The molecule has 0 radical (unpaired) electrons. The van der Waals surface area contributed by atoms with Crippen molar-refractivity contribution in [3.63, 3.8) is 0 Å². The summed E-state index contributed by atoms with van der Waals surface area (Å²) >= 11 is 0. The first kappa shape index (κ1) is 65.2. The topological polar surface area (TPSA) is 37.3 Å². The third-order valence-corrected chi connectivity index (χ3v) is 15.4. The van der Waals surface area contributed by atoms with Crippen molar-refractivity contribution >= 4 is 5.97 Å². The Hall–Kier alpha value is -0.790. The first-order valence-corrected chi connectivity index (χ1v) is 31.6. The van der Waals surface area contributed by atoms with Gasteiger partial charge in [0.2, 0.25) is 0 Å². The van der Waals surface area contributed by atoms with E-state index in [1.165, 1.54) is 366 Å². The molecule has 2 nitrogen and oxygen atoms in total. The van der Waals surface area contributed by atoms with Gasteiger partial charge >= 0.3 is 5.97 Å². The Labute approximate surface area is 418 Å². The average Bonchev–Trinajstić information content (AvgIpc) is 3.32. The van der Waals surface area contributed by atoms with Gasteiger partial charge in [0.1, 0.15) is 0 Å². The predicted octanol–water partition coefficient (Wildman–Crippen LogP) is 24.1. The van der Waals surface area contributed by atoms with Crippen molar-refractivity contribution in [1.82, 2.24) is 0 Å². The van der Waals surface area contributed by atoms with Crippen molar-refractivity contribution in [2.75, 3.05) is 0 Å². The summed E-state index contributed by atoms with van der Waals surface area (Å²) in [5.41, 5.74) is 0.364. The van der Waals surface area contributed by atoms with Crippen molar-refractivity contribution in [1.29, 1.82) is 0 Å². The summed E-state index contributed by atoms with van der Waals surface area (Å²) in [7, 11) is 0. The number of unbranched alkanes of at least 4 members (excludes halogenated alkanes) is 58. The lowest BCUT2D eigenvalue weighted by molar-refractivity contribution is -0.132. The smallest absolute Gasteiger partial charge is 0.330 e. The third-order valence-electron chi connectivity index (χ3n) is 15.4. The van der Waals surface area contributed by atoms with Gasteiger partial charge in [0.25, 0.3) is 0 Å². The van der Waals surface area contributed by atoms with E-state index in [0.29, 0.717) is 12.0 Å². The van der Waals surface area contributed by atoms with Crippen molar-refractivity contribution in [3.05, 3.63) is 12.2 Å². The van der Waals surface area contributed by atoms with Gasteiger partial charge in [-0.3, -0.25) is 0 Å². The highest BCUT2D eigenvalue weighted by molar-refractivity contribution is 5.85. The maximum absolute atomic E-state index is 10.8. The van der Waals surface area contributed by atoms with Crippen molar-refractivity contribution in [2.24, 2.45) is 0 Å². The lowest BCUT2D eigenvalue weighted by Crippen LogP contribution is -1.98. The molecular weight excluding hydrogens is 801 g/mol. The molecule has 0 aromatic rings. The van der Waals surface area contributed by atoms with Crippen LogP contribution in [0, 0.1) is 0 Å². The molecule has 1 N–H and O–H groups in total. The fourth-order valence-electron chi connectivity index (χ4n) is 10.6. The largest absolute Gasteiger partial charge is 0.478 e. The van der Waals surface area contributed by atoms with Crippen LogP contribution in [0.2, 0.25) is 0 Å². The molecular formula is C64H126O2. The Kier molecular flexibility index (Phi) is 59.6. The Bertz CT molecular complexity index is 893. The van der Waals surface area contributed by atoms with Crippen LogP contribution in [-0.4, -0.2) is 11.1 Å². The molecule has 0 fully saturated rings. The summed E-state index contributed by atoms with van der Waals surface area (Å²) in [5, 5.41) is 8.85. The minimum atomic E-state index is -0.835. The van der Waals surface area contributed by atoms with Crippen LogP contribution in [-0.2, 0) is 4.79 Å². The van der Waals surface area contributed by atoms with E-state index in [2.05, 4.69) is 13.5 Å². The molecule has 0 aromatic heterocycles. The molecule has 0 spiro atoms. The normalized spacial score (nSPS) is 11.6. The maximum atomic E-state index is 10.8. The molecule has 0 saturated carbocycles. The molecule has 0 aliphatic rings. The third kappa shape index (κ3) is 59.3. The van der Waals surface area contributed by atoms with Gasteiger partial charge < -0.3 is 5.11 Å². The first-order chi connectivity index (χ1) is 32.7. The van der Waals surface area contributed by atoms with Gasteiger partial charge in [-0.2, -0.15) is 0 Å². The van der Waals surface area contributed by atoms with E-state index in [9.17, 15) is 4.79 Å². The highest BCUT2D eigenvalue weighted by Gasteiger charge is 2.03. The second-order valence-electron chi connectivity index (χ2n) is 22.2. The zero-order chi connectivity index (χ0) is 47.6. The van der Waals surface area contributed by atoms with Crippen LogP contribution < -0.4 is 0 Å². The lowest BCUT2D eigenvalue weighted by atomic mass is 10.0. The number of aliphatic carboxylic acids is 1. The summed E-state index contributed by atoms with van der Waals surface area (Å²) in [6, 6.07) is 0. The molecule has 0 heterocycles. The Morgan fingerprint density at radius 1 is 0.227 bits per heavy atom. The Morgan fingerprint density at radius 3 is 0.439 bits per heavy atom. The van der Waals surface area contributed by atoms with Gasteiger partial charge in [0.15, 0.2) is 0 Å². The molecule has 2 heteroatoms. The van der Waals surface area contributed by atoms with Crippen molar-refractivity contribution in [2.45, 2.75) is 392 Å². The van der Waals surface area contributed by atoms with Gasteiger partial charge in [-0.05, 0) is 12.8 Å². The quantitative estimate of drug-likeness (QED) is 0.0487. The number of hydrogen-bond donors (Lipinski definition) is 1. The number of carboxylic acids is 1. The predicted molar refractivity (Wildman–Crippen MR) is 299 cm³/mol. The molecule has 0 amide bonds. The van der Waals surface area contributed by atoms with Crippen LogP contribution in [0.15, 0.2) is 12.2 Å². The van der Waals surface area contributed by atoms with Crippen LogP contribution in [0.4, 0.5) is 0 Å². The molecule has 0 saturated heterocycles. The molecule has 0 aliphatic heterocycles. The van der Waals surface area contributed by atoms with Gasteiger partial charge in [-0.25, -0.2) is 4.79 Å². The summed E-state index contributed by atoms with van der Waals surface area (Å²) in [5.74, 6) is -0.835. The maximum Gasteiger partial charge on any atom is 0.330 e. The summed E-state index contributed by atoms with van der Waals surface area (Å²) in [4.78, 5) is 10.8. The zero-order valence-corrected chi connectivity index (χ0v) is 46.0. The molecule has 0 unspecified atom stereocenters. The van der Waals surface area contributed by atoms with Crippen LogP contribution in [0.25, 0.3) is 0 Å². The molecule has 0 rings (SSSR count). The standard InChI is InChI=1S/C64H126O2/c1-3-4-5-6-7-8-9-10-11-12-13-14-15-16-17-18-19-20-21-22-23-24-25-26-27-28-29-30-31-32-33-34-35-36-37-38-39-40-41-42-43-44-45-46-47-48-49-50-51-52-53-54-55-56-57-58-59-60-61-62-63(2)64(65)66/h2-62H2,1H3,(H,65,66). The minimum Gasteiger partial charge on any atom is -0.478 e. The van der Waals surface area contributed by atoms with E-state index >= 15 is 0 Å². The van der Waals surface area contributed by atoms with E-state index in [4.69, 9.17) is 5.11 Å². The SMILES string of the molecule is C=C(CCCCCCCCCCCCCCCCCCCCCCCCCCCCCCCCCCCCCCCCCCCCCCCCCCCCCCCCCCCCC)C(=O)O. The molecule has 0 aromatic carbocycles. The first-order valence-electron chi connectivity index (χ1n) is 31.6. The average molecular weight is 928 g/mol. The Balaban J connectivity index is 3.08. The van der Waals surface area contributed by atoms with Crippen molar-refractivity contribution in [3.8, 4) is 0 Å². The van der Waals surface area contributed by atoms with Gasteiger partial charge in [-0.1, -0.05) is 386 Å². The van der Waals surface area contributed by atoms with Crippen LogP contribution in [0.1, 0.15) is 392 Å². The van der Waals surface area contributed by atoms with Crippen LogP contribution in [0.5, 0.6) is 0 Å². The number of rotatable bonds is 61. The van der Waals surface area contributed by atoms with E-state index in [1.807, 2.05) is 0 Å². The van der Waals surface area contributed by atoms with Crippen LogP contribution in [0.3, 0.4) is 0 Å². The summed E-state index contributed by atoms with van der Waals surface area (Å²) in [6.07, 6.45) is 86.3. The second-order valence-corrected chi connectivity index (χ2v) is 22.2. The summed E-state index contributed by atoms with van der Waals surface area (Å²) in [6.45, 7) is 5.92. The van der Waals surface area contributed by atoms with Gasteiger partial charge in [0, 0.05) is 5.57 Å². The molecule has 0 aliphatic carbocycles. The van der Waals surface area contributed by atoms with E-state index in [0.717, 1.165) is 12.8 Å². The minimum absolute atomic E-state index is 0.364. The van der Waals surface area contributed by atoms with E-state index in [-0.39, 0.29) is 0 Å². The Morgan fingerprint density at radius 2 is 0.333 bits per heavy atom. The van der Waals surface area contributed by atoms with Gasteiger partial charge in [0.05, 0.1) is 0 Å². The number of carboxylic acid groups (broad SMARTS) is 1. The zero-order valence-electron chi connectivity index (χ0n) is 46.0. The van der Waals surface area contributed by atoms with E-state index in [1.54, 1.807) is 0 Å². The fraction of sp³-hybridized carbons (Fsp3) is 0.953. The highest BCUT2D eigenvalue weighted by Crippen LogP contribution is 2.20. The highest BCUT2D eigenvalue weighted by atomic mass is 16.4. The summed E-state index contributed by atoms with van der Waals surface area (Å²) < 4.78 is 0. The second kappa shape index (κ2) is 60.3.